The molecular formula is C8H17N. The summed E-state index contributed by atoms with van der Waals surface area (Å²) in [6.45, 7) is 10.8. The summed E-state index contributed by atoms with van der Waals surface area (Å²) >= 11 is 0. The predicted molar refractivity (Wildman–Crippen MR) is 40.4 cm³/mol. The van der Waals surface area contributed by atoms with Crippen molar-refractivity contribution in [2.75, 3.05) is 19.6 Å². The van der Waals surface area contributed by atoms with Gasteiger partial charge in [0.1, 0.15) is 0 Å². The van der Waals surface area contributed by atoms with E-state index in [-0.39, 0.29) is 0 Å². The van der Waals surface area contributed by atoms with Crippen molar-refractivity contribution in [3.63, 3.8) is 0 Å². The average molecular weight is 127 g/mol. The number of likely N-dealkylation sites (tertiary alicyclic amines) is 1. The van der Waals surface area contributed by atoms with Crippen LogP contribution < -0.4 is 0 Å². The first-order valence-corrected chi connectivity index (χ1v) is 3.96. The third kappa shape index (κ3) is 1.45. The molecule has 0 aromatic carbocycles. The number of nitrogens with zero attached hydrogens (tertiary/aromatic N) is 1. The fraction of sp³-hybridized carbons (Fsp3) is 1.00. The standard InChI is InChI=1S/C8H17N/c1-4-9-5-7(2)8(3)6-9/h7-8H,4-6H2,1-3H3/t7-,8?/m0/s1. The first-order chi connectivity index (χ1) is 4.24. The Morgan fingerprint density at radius 2 is 1.67 bits per heavy atom. The molecule has 0 aromatic rings. The smallest absolute Gasteiger partial charge is 0.00100 e. The van der Waals surface area contributed by atoms with Crippen LogP contribution in [0.25, 0.3) is 0 Å². The predicted octanol–water partition coefficient (Wildman–Crippen LogP) is 1.59. The first kappa shape index (κ1) is 7.07. The van der Waals surface area contributed by atoms with Crippen LogP contribution in [0.4, 0.5) is 0 Å². The molecule has 0 aromatic heterocycles. The lowest BCUT2D eigenvalue weighted by molar-refractivity contribution is 0.342. The highest BCUT2D eigenvalue weighted by Gasteiger charge is 2.23. The second-order valence-corrected chi connectivity index (χ2v) is 3.31. The summed E-state index contributed by atoms with van der Waals surface area (Å²) in [5.74, 6) is 1.84. The van der Waals surface area contributed by atoms with E-state index < -0.39 is 0 Å². The van der Waals surface area contributed by atoms with Gasteiger partial charge in [-0.25, -0.2) is 0 Å². The summed E-state index contributed by atoms with van der Waals surface area (Å²) in [5.41, 5.74) is 0. The van der Waals surface area contributed by atoms with E-state index in [2.05, 4.69) is 25.7 Å². The minimum Gasteiger partial charge on any atom is -0.303 e. The van der Waals surface area contributed by atoms with Gasteiger partial charge < -0.3 is 4.90 Å². The van der Waals surface area contributed by atoms with Gasteiger partial charge in [0.25, 0.3) is 0 Å². The molecule has 1 rings (SSSR count). The minimum absolute atomic E-state index is 0.921. The van der Waals surface area contributed by atoms with Crippen LogP contribution >= 0.6 is 0 Å². The molecule has 2 atom stereocenters. The fourth-order valence-electron chi connectivity index (χ4n) is 1.51. The lowest BCUT2D eigenvalue weighted by Gasteiger charge is -2.10. The van der Waals surface area contributed by atoms with E-state index in [0.717, 1.165) is 11.8 Å². The molecule has 1 fully saturated rings. The van der Waals surface area contributed by atoms with Crippen molar-refractivity contribution in [3.05, 3.63) is 0 Å². The van der Waals surface area contributed by atoms with Crippen molar-refractivity contribution in [2.45, 2.75) is 20.8 Å². The molecule has 0 bridgehead atoms. The Labute approximate surface area is 58.0 Å². The van der Waals surface area contributed by atoms with Crippen LogP contribution in [0, 0.1) is 11.8 Å². The van der Waals surface area contributed by atoms with E-state index >= 15 is 0 Å². The molecular weight excluding hydrogens is 110 g/mol. The van der Waals surface area contributed by atoms with Crippen molar-refractivity contribution in [2.24, 2.45) is 11.8 Å². The molecule has 1 saturated heterocycles. The van der Waals surface area contributed by atoms with Gasteiger partial charge in [-0.05, 0) is 18.4 Å². The molecule has 1 aliphatic rings. The van der Waals surface area contributed by atoms with E-state index in [1.165, 1.54) is 19.6 Å². The Bertz CT molecular complexity index is 80.6. The zero-order chi connectivity index (χ0) is 6.85. The van der Waals surface area contributed by atoms with Crippen LogP contribution in [-0.4, -0.2) is 24.5 Å². The minimum atomic E-state index is 0.921. The molecule has 0 aliphatic carbocycles. The molecule has 1 aliphatic heterocycles. The van der Waals surface area contributed by atoms with Crippen LogP contribution in [0.3, 0.4) is 0 Å². The maximum atomic E-state index is 2.52. The van der Waals surface area contributed by atoms with E-state index in [1.54, 1.807) is 0 Å². The van der Waals surface area contributed by atoms with Crippen LogP contribution in [0.15, 0.2) is 0 Å². The second-order valence-electron chi connectivity index (χ2n) is 3.31. The topological polar surface area (TPSA) is 3.24 Å². The van der Waals surface area contributed by atoms with Gasteiger partial charge in [-0.1, -0.05) is 20.8 Å². The fourth-order valence-corrected chi connectivity index (χ4v) is 1.51. The van der Waals surface area contributed by atoms with Crippen molar-refractivity contribution in [3.8, 4) is 0 Å². The van der Waals surface area contributed by atoms with Gasteiger partial charge in [-0.15, -0.1) is 0 Å². The van der Waals surface area contributed by atoms with E-state index in [1.807, 2.05) is 0 Å². The van der Waals surface area contributed by atoms with Crippen molar-refractivity contribution >= 4 is 0 Å². The first-order valence-electron chi connectivity index (χ1n) is 3.96. The molecule has 0 N–H and O–H groups in total. The molecule has 0 amide bonds. The van der Waals surface area contributed by atoms with Gasteiger partial charge in [-0.2, -0.15) is 0 Å². The van der Waals surface area contributed by atoms with Crippen molar-refractivity contribution < 1.29 is 0 Å². The summed E-state index contributed by atoms with van der Waals surface area (Å²) in [5, 5.41) is 0. The number of hydrogen-bond acceptors (Lipinski definition) is 1. The van der Waals surface area contributed by atoms with Crippen LogP contribution in [-0.2, 0) is 0 Å². The Kier molecular flexibility index (Phi) is 2.12. The Morgan fingerprint density at radius 3 is 1.89 bits per heavy atom. The normalized spacial score (nSPS) is 37.7. The monoisotopic (exact) mass is 127 g/mol. The summed E-state index contributed by atoms with van der Waals surface area (Å²) in [6.07, 6.45) is 0. The number of rotatable bonds is 1. The summed E-state index contributed by atoms with van der Waals surface area (Å²) in [6, 6.07) is 0. The Morgan fingerprint density at radius 1 is 1.22 bits per heavy atom. The largest absolute Gasteiger partial charge is 0.303 e. The SMILES string of the molecule is CCN1CC(C)[C@@H](C)C1. The lowest BCUT2D eigenvalue weighted by atomic mass is 10.0. The quantitative estimate of drug-likeness (QED) is 0.517. The molecule has 1 nitrogen and oxygen atoms in total. The summed E-state index contributed by atoms with van der Waals surface area (Å²) in [4.78, 5) is 2.52. The molecule has 0 saturated carbocycles. The van der Waals surface area contributed by atoms with Gasteiger partial charge in [-0.3, -0.25) is 0 Å². The van der Waals surface area contributed by atoms with Crippen LogP contribution in [0.2, 0.25) is 0 Å². The maximum absolute atomic E-state index is 2.52. The van der Waals surface area contributed by atoms with Gasteiger partial charge in [0.2, 0.25) is 0 Å². The zero-order valence-electron chi connectivity index (χ0n) is 6.72. The van der Waals surface area contributed by atoms with Gasteiger partial charge >= 0.3 is 0 Å². The van der Waals surface area contributed by atoms with E-state index in [0.29, 0.717) is 0 Å². The second kappa shape index (κ2) is 2.70. The highest BCUT2D eigenvalue weighted by molar-refractivity contribution is 4.76. The lowest BCUT2D eigenvalue weighted by Crippen LogP contribution is -2.19. The van der Waals surface area contributed by atoms with Crippen molar-refractivity contribution in [1.82, 2.24) is 4.90 Å². The van der Waals surface area contributed by atoms with Crippen LogP contribution in [0.1, 0.15) is 20.8 Å². The van der Waals surface area contributed by atoms with Crippen LogP contribution in [0.5, 0.6) is 0 Å². The third-order valence-electron chi connectivity index (χ3n) is 2.51. The summed E-state index contributed by atoms with van der Waals surface area (Å²) < 4.78 is 0. The molecule has 54 valence electrons. The molecule has 1 heteroatoms. The highest BCUT2D eigenvalue weighted by atomic mass is 15.1. The molecule has 1 unspecified atom stereocenters. The Hall–Kier alpha value is -0.0400. The van der Waals surface area contributed by atoms with Crippen molar-refractivity contribution in [1.29, 1.82) is 0 Å². The molecule has 0 spiro atoms. The highest BCUT2D eigenvalue weighted by Crippen LogP contribution is 2.20. The average Bonchev–Trinajstić information content (AvgIpc) is 2.13. The molecule has 1 heterocycles. The van der Waals surface area contributed by atoms with Gasteiger partial charge in [0.05, 0.1) is 0 Å². The molecule has 0 radical (unpaired) electrons. The molecule has 9 heavy (non-hydrogen) atoms. The zero-order valence-corrected chi connectivity index (χ0v) is 6.72. The van der Waals surface area contributed by atoms with E-state index in [4.69, 9.17) is 0 Å². The maximum Gasteiger partial charge on any atom is 0.00100 e. The van der Waals surface area contributed by atoms with E-state index in [9.17, 15) is 0 Å². The number of hydrogen-bond donors (Lipinski definition) is 0. The van der Waals surface area contributed by atoms with Gasteiger partial charge in [0.15, 0.2) is 0 Å². The third-order valence-corrected chi connectivity index (χ3v) is 2.51. The Balaban J connectivity index is 2.35. The summed E-state index contributed by atoms with van der Waals surface area (Å²) in [7, 11) is 0. The van der Waals surface area contributed by atoms with Gasteiger partial charge in [0, 0.05) is 13.1 Å².